The van der Waals surface area contributed by atoms with Crippen molar-refractivity contribution in [2.45, 2.75) is 45.3 Å². The van der Waals surface area contributed by atoms with E-state index in [1.165, 1.54) is 11.3 Å². The van der Waals surface area contributed by atoms with Gasteiger partial charge in [-0.1, -0.05) is 32.1 Å². The Kier molecular flexibility index (Phi) is 3.11. The first-order valence-corrected chi connectivity index (χ1v) is 7.77. The van der Waals surface area contributed by atoms with Gasteiger partial charge in [-0.05, 0) is 12.8 Å². The molecule has 3 unspecified atom stereocenters. The van der Waals surface area contributed by atoms with Crippen molar-refractivity contribution in [2.24, 2.45) is 17.1 Å². The van der Waals surface area contributed by atoms with E-state index in [9.17, 15) is 4.79 Å². The Bertz CT molecular complexity index is 544. The van der Waals surface area contributed by atoms with Gasteiger partial charge in [0, 0.05) is 17.9 Å². The second kappa shape index (κ2) is 4.47. The predicted molar refractivity (Wildman–Crippen MR) is 76.5 cm³/mol. The summed E-state index contributed by atoms with van der Waals surface area (Å²) in [5.74, 6) is -0.0795. The molecule has 6 nitrogen and oxygen atoms in total. The molecule has 3 rings (SSSR count). The summed E-state index contributed by atoms with van der Waals surface area (Å²) in [6, 6.07) is 0. The highest BCUT2D eigenvalue weighted by Gasteiger charge is 2.71. The van der Waals surface area contributed by atoms with E-state index in [4.69, 9.17) is 10.5 Å². The number of fused-ring (bicyclic) bond motifs is 1. The van der Waals surface area contributed by atoms with E-state index in [-0.39, 0.29) is 23.3 Å². The zero-order chi connectivity index (χ0) is 14.5. The van der Waals surface area contributed by atoms with Gasteiger partial charge in [-0.25, -0.2) is 0 Å². The number of nitrogens with zero attached hydrogens (tertiary/aromatic N) is 2. The number of anilines is 1. The molecule has 2 heterocycles. The van der Waals surface area contributed by atoms with E-state index in [2.05, 4.69) is 15.5 Å². The molecule has 0 bridgehead atoms. The Morgan fingerprint density at radius 1 is 1.55 bits per heavy atom. The monoisotopic (exact) mass is 296 g/mol. The van der Waals surface area contributed by atoms with Crippen molar-refractivity contribution in [1.82, 2.24) is 10.2 Å². The number of amides is 1. The highest BCUT2D eigenvalue weighted by atomic mass is 32.1. The van der Waals surface area contributed by atoms with Gasteiger partial charge in [-0.2, -0.15) is 0 Å². The summed E-state index contributed by atoms with van der Waals surface area (Å²) < 4.78 is 5.70. The third-order valence-electron chi connectivity index (χ3n) is 4.82. The summed E-state index contributed by atoms with van der Waals surface area (Å²) in [6.45, 7) is 6.68. The highest BCUT2D eigenvalue weighted by molar-refractivity contribution is 7.15. The summed E-state index contributed by atoms with van der Waals surface area (Å²) in [7, 11) is 0. The number of aromatic nitrogens is 2. The Morgan fingerprint density at radius 3 is 2.95 bits per heavy atom. The van der Waals surface area contributed by atoms with E-state index >= 15 is 0 Å². The minimum Gasteiger partial charge on any atom is -0.377 e. The van der Waals surface area contributed by atoms with Crippen molar-refractivity contribution >= 4 is 22.4 Å². The molecular formula is C13H20N4O2S. The van der Waals surface area contributed by atoms with E-state index in [1.54, 1.807) is 0 Å². The summed E-state index contributed by atoms with van der Waals surface area (Å²) in [5.41, 5.74) is 5.20. The van der Waals surface area contributed by atoms with Crippen molar-refractivity contribution in [3.63, 3.8) is 0 Å². The number of hydrogen-bond donors (Lipinski definition) is 2. The molecule has 0 radical (unpaired) electrons. The third kappa shape index (κ3) is 1.66. The molecule has 1 aromatic rings. The van der Waals surface area contributed by atoms with Gasteiger partial charge in [0.2, 0.25) is 11.0 Å². The molecule has 3 atom stereocenters. The van der Waals surface area contributed by atoms with Gasteiger partial charge in [-0.3, -0.25) is 10.1 Å². The first-order valence-electron chi connectivity index (χ1n) is 6.95. The SMILES string of the molecule is CCc1nnc(NC(=O)C2(N)C3CCOC3C2(C)C)s1. The topological polar surface area (TPSA) is 90.1 Å². The van der Waals surface area contributed by atoms with Crippen LogP contribution in [-0.4, -0.2) is 34.4 Å². The van der Waals surface area contributed by atoms with E-state index < -0.39 is 5.54 Å². The Balaban J connectivity index is 1.79. The van der Waals surface area contributed by atoms with Crippen molar-refractivity contribution in [1.29, 1.82) is 0 Å². The largest absolute Gasteiger partial charge is 0.377 e. The minimum atomic E-state index is -0.897. The van der Waals surface area contributed by atoms with Crippen LogP contribution in [0.1, 0.15) is 32.2 Å². The van der Waals surface area contributed by atoms with Crippen LogP contribution < -0.4 is 11.1 Å². The number of nitrogens with two attached hydrogens (primary N) is 1. The lowest BCUT2D eigenvalue weighted by molar-refractivity contribution is -0.170. The maximum Gasteiger partial charge on any atom is 0.247 e. The Labute approximate surface area is 122 Å². The molecule has 20 heavy (non-hydrogen) atoms. The summed E-state index contributed by atoms with van der Waals surface area (Å²) in [6.07, 6.45) is 1.73. The van der Waals surface area contributed by atoms with Crippen molar-refractivity contribution in [2.75, 3.05) is 11.9 Å². The molecule has 110 valence electrons. The molecule has 1 amide bonds. The lowest BCUT2D eigenvalue weighted by Crippen LogP contribution is -2.79. The summed E-state index contributed by atoms with van der Waals surface area (Å²) >= 11 is 1.40. The van der Waals surface area contributed by atoms with Crippen molar-refractivity contribution in [3.05, 3.63) is 5.01 Å². The van der Waals surface area contributed by atoms with Gasteiger partial charge in [0.15, 0.2) is 0 Å². The van der Waals surface area contributed by atoms with E-state index in [1.807, 2.05) is 20.8 Å². The molecule has 0 aromatic carbocycles. The second-order valence-electron chi connectivity index (χ2n) is 6.09. The lowest BCUT2D eigenvalue weighted by Gasteiger charge is -2.60. The molecule has 1 saturated heterocycles. The van der Waals surface area contributed by atoms with E-state index in [0.717, 1.165) is 17.8 Å². The normalized spacial score (nSPS) is 34.4. The third-order valence-corrected chi connectivity index (χ3v) is 5.80. The molecule has 0 spiro atoms. The van der Waals surface area contributed by atoms with Gasteiger partial charge in [0.1, 0.15) is 10.5 Å². The highest BCUT2D eigenvalue weighted by Crippen LogP contribution is 2.58. The van der Waals surface area contributed by atoms with Crippen LogP contribution in [0.25, 0.3) is 0 Å². The van der Waals surface area contributed by atoms with Gasteiger partial charge in [-0.15, -0.1) is 10.2 Å². The van der Waals surface area contributed by atoms with Crippen LogP contribution in [0.3, 0.4) is 0 Å². The minimum absolute atomic E-state index is 0.0823. The zero-order valence-electron chi connectivity index (χ0n) is 12.0. The van der Waals surface area contributed by atoms with Crippen molar-refractivity contribution in [3.8, 4) is 0 Å². The van der Waals surface area contributed by atoms with Crippen LogP contribution in [0, 0.1) is 11.3 Å². The fourth-order valence-corrected chi connectivity index (χ4v) is 4.17. The maximum atomic E-state index is 12.6. The molecule has 2 aliphatic rings. The molecular weight excluding hydrogens is 276 g/mol. The number of nitrogens with one attached hydrogen (secondary N) is 1. The van der Waals surface area contributed by atoms with Crippen LogP contribution in [0.15, 0.2) is 0 Å². The zero-order valence-corrected chi connectivity index (χ0v) is 12.8. The Morgan fingerprint density at radius 2 is 2.30 bits per heavy atom. The second-order valence-corrected chi connectivity index (χ2v) is 7.15. The molecule has 2 fully saturated rings. The Hall–Kier alpha value is -1.05. The van der Waals surface area contributed by atoms with Gasteiger partial charge in [0.05, 0.1) is 6.10 Å². The van der Waals surface area contributed by atoms with Crippen LogP contribution >= 0.6 is 11.3 Å². The lowest BCUT2D eigenvalue weighted by atomic mass is 9.48. The number of carbonyl (C=O) groups excluding carboxylic acids is 1. The van der Waals surface area contributed by atoms with Gasteiger partial charge < -0.3 is 10.5 Å². The van der Waals surface area contributed by atoms with Crippen LogP contribution in [0.4, 0.5) is 5.13 Å². The summed E-state index contributed by atoms with van der Waals surface area (Å²) in [5, 5.41) is 12.2. The molecule has 3 N–H and O–H groups in total. The number of aryl methyl sites for hydroxylation is 1. The molecule has 7 heteroatoms. The number of rotatable bonds is 3. The number of ether oxygens (including phenoxy) is 1. The number of hydrogen-bond acceptors (Lipinski definition) is 6. The maximum absolute atomic E-state index is 12.6. The first-order chi connectivity index (χ1) is 9.41. The fraction of sp³-hybridized carbons (Fsp3) is 0.769. The molecule has 1 aliphatic heterocycles. The van der Waals surface area contributed by atoms with Crippen LogP contribution in [0.2, 0.25) is 0 Å². The first kappa shape index (κ1) is 13.9. The number of carbonyl (C=O) groups is 1. The fourth-order valence-electron chi connectivity index (χ4n) is 3.49. The molecule has 1 aliphatic carbocycles. The quantitative estimate of drug-likeness (QED) is 0.874. The smallest absolute Gasteiger partial charge is 0.247 e. The standard InChI is InChI=1S/C13H20N4O2S/c1-4-8-16-17-11(20-8)15-10(18)13(14)7-5-6-19-9(7)12(13,2)3/h7,9H,4-6,14H2,1-3H3,(H,15,17,18). The molecule has 1 aromatic heterocycles. The van der Waals surface area contributed by atoms with E-state index in [0.29, 0.717) is 11.7 Å². The van der Waals surface area contributed by atoms with Gasteiger partial charge >= 0.3 is 0 Å². The molecule has 1 saturated carbocycles. The predicted octanol–water partition coefficient (Wildman–Crippen LogP) is 1.18. The average Bonchev–Trinajstić information content (AvgIpc) is 3.05. The summed E-state index contributed by atoms with van der Waals surface area (Å²) in [4.78, 5) is 12.6. The van der Waals surface area contributed by atoms with Crippen molar-refractivity contribution < 1.29 is 9.53 Å². The van der Waals surface area contributed by atoms with Crippen LogP contribution in [0.5, 0.6) is 0 Å². The van der Waals surface area contributed by atoms with Gasteiger partial charge in [0.25, 0.3) is 0 Å². The average molecular weight is 296 g/mol. The van der Waals surface area contributed by atoms with Crippen LogP contribution in [-0.2, 0) is 16.0 Å².